The van der Waals surface area contributed by atoms with Crippen molar-refractivity contribution in [2.24, 2.45) is 7.05 Å². The number of halogens is 2. The Kier molecular flexibility index (Phi) is 5.65. The molecule has 0 aliphatic carbocycles. The van der Waals surface area contributed by atoms with Crippen molar-refractivity contribution in [1.82, 2.24) is 14.9 Å². The van der Waals surface area contributed by atoms with Gasteiger partial charge in [0.15, 0.2) is 5.15 Å². The molecule has 1 fully saturated rings. The molecule has 1 aliphatic heterocycles. The molecule has 0 spiro atoms. The Labute approximate surface area is 150 Å². The van der Waals surface area contributed by atoms with E-state index in [4.69, 9.17) is 27.9 Å². The van der Waals surface area contributed by atoms with Crippen molar-refractivity contribution in [2.75, 3.05) is 18.0 Å². The third-order valence-corrected chi connectivity index (χ3v) is 4.38. The molecule has 1 aromatic heterocycles. The lowest BCUT2D eigenvalue weighted by atomic mass is 10.1. The third kappa shape index (κ3) is 4.54. The van der Waals surface area contributed by atoms with Gasteiger partial charge in [-0.05, 0) is 33.6 Å². The number of ether oxygens (including phenoxy) is 1. The SMILES string of the molecule is Cn1c(N2CCC(NC(=O)OC(C)(C)C)CC2)nc(Cl)c(Cl)c1=O. The molecule has 2 rings (SSSR count). The first-order chi connectivity index (χ1) is 11.1. The zero-order valence-corrected chi connectivity index (χ0v) is 15.7. The predicted molar refractivity (Wildman–Crippen MR) is 94.1 cm³/mol. The average Bonchev–Trinajstić information content (AvgIpc) is 2.48. The van der Waals surface area contributed by atoms with Crippen molar-refractivity contribution < 1.29 is 9.53 Å². The van der Waals surface area contributed by atoms with Gasteiger partial charge in [-0.1, -0.05) is 23.2 Å². The fourth-order valence-electron chi connectivity index (χ4n) is 2.52. The molecule has 1 aromatic rings. The van der Waals surface area contributed by atoms with Crippen molar-refractivity contribution >= 4 is 35.2 Å². The summed E-state index contributed by atoms with van der Waals surface area (Å²) < 4.78 is 6.65. The summed E-state index contributed by atoms with van der Waals surface area (Å²) in [5.74, 6) is 0.477. The third-order valence-electron chi connectivity index (χ3n) is 3.67. The van der Waals surface area contributed by atoms with Gasteiger partial charge in [0.25, 0.3) is 5.56 Å². The lowest BCUT2D eigenvalue weighted by Crippen LogP contribution is -2.47. The van der Waals surface area contributed by atoms with Gasteiger partial charge < -0.3 is 15.0 Å². The molecule has 24 heavy (non-hydrogen) atoms. The number of alkyl carbamates (subject to hydrolysis) is 1. The molecule has 134 valence electrons. The largest absolute Gasteiger partial charge is 0.444 e. The van der Waals surface area contributed by atoms with Crippen molar-refractivity contribution in [3.8, 4) is 0 Å². The highest BCUT2D eigenvalue weighted by Gasteiger charge is 2.26. The minimum atomic E-state index is -0.521. The Balaban J connectivity index is 1.99. The Hall–Kier alpha value is -1.47. The van der Waals surface area contributed by atoms with Crippen LogP contribution in [0.15, 0.2) is 4.79 Å². The van der Waals surface area contributed by atoms with Crippen LogP contribution in [-0.2, 0) is 11.8 Å². The van der Waals surface area contributed by atoms with Gasteiger partial charge in [0.2, 0.25) is 5.95 Å². The van der Waals surface area contributed by atoms with Crippen LogP contribution in [0.5, 0.6) is 0 Å². The minimum Gasteiger partial charge on any atom is -0.444 e. The molecule has 1 N–H and O–H groups in total. The quantitative estimate of drug-likeness (QED) is 0.802. The number of aromatic nitrogens is 2. The maximum absolute atomic E-state index is 12.0. The molecule has 0 atom stereocenters. The van der Waals surface area contributed by atoms with Crippen LogP contribution in [0.25, 0.3) is 0 Å². The Bertz CT molecular complexity index is 677. The fourth-order valence-corrected chi connectivity index (χ4v) is 2.84. The van der Waals surface area contributed by atoms with Gasteiger partial charge in [-0.25, -0.2) is 9.78 Å². The zero-order valence-electron chi connectivity index (χ0n) is 14.2. The number of amides is 1. The number of carbonyl (C=O) groups excluding carboxylic acids is 1. The number of piperidine rings is 1. The van der Waals surface area contributed by atoms with Crippen LogP contribution < -0.4 is 15.8 Å². The van der Waals surface area contributed by atoms with Gasteiger partial charge in [-0.15, -0.1) is 0 Å². The number of hydrogen-bond acceptors (Lipinski definition) is 5. The number of hydrogen-bond donors (Lipinski definition) is 1. The molecule has 1 amide bonds. The van der Waals surface area contributed by atoms with E-state index in [-0.39, 0.29) is 21.8 Å². The molecular formula is C15H22Cl2N4O3. The van der Waals surface area contributed by atoms with Crippen LogP contribution in [0.3, 0.4) is 0 Å². The second-order valence-corrected chi connectivity index (χ2v) is 7.52. The van der Waals surface area contributed by atoms with E-state index in [0.717, 1.165) is 12.8 Å². The molecule has 0 bridgehead atoms. The zero-order chi connectivity index (χ0) is 18.1. The first kappa shape index (κ1) is 18.9. The molecule has 7 nitrogen and oxygen atoms in total. The van der Waals surface area contributed by atoms with E-state index >= 15 is 0 Å². The van der Waals surface area contributed by atoms with E-state index in [1.807, 2.05) is 25.7 Å². The van der Waals surface area contributed by atoms with Crippen LogP contribution in [0.2, 0.25) is 10.2 Å². The normalized spacial score (nSPS) is 16.2. The van der Waals surface area contributed by atoms with Gasteiger partial charge in [-0.2, -0.15) is 0 Å². The van der Waals surface area contributed by atoms with Crippen LogP contribution in [-0.4, -0.2) is 40.4 Å². The Morgan fingerprint density at radius 1 is 1.29 bits per heavy atom. The first-order valence-corrected chi connectivity index (χ1v) is 8.50. The van der Waals surface area contributed by atoms with E-state index in [0.29, 0.717) is 19.0 Å². The summed E-state index contributed by atoms with van der Waals surface area (Å²) in [6, 6.07) is 0.0240. The number of nitrogens with one attached hydrogen (secondary N) is 1. The summed E-state index contributed by atoms with van der Waals surface area (Å²) in [4.78, 5) is 30.0. The van der Waals surface area contributed by atoms with Gasteiger partial charge in [0.05, 0.1) is 0 Å². The molecular weight excluding hydrogens is 355 g/mol. The van der Waals surface area contributed by atoms with E-state index in [9.17, 15) is 9.59 Å². The molecule has 0 saturated carbocycles. The summed E-state index contributed by atoms with van der Waals surface area (Å²) in [7, 11) is 1.61. The average molecular weight is 377 g/mol. The van der Waals surface area contributed by atoms with Gasteiger partial charge in [-0.3, -0.25) is 9.36 Å². The summed E-state index contributed by atoms with van der Waals surface area (Å²) in [5, 5.41) is 2.79. The molecule has 1 aliphatic rings. The topological polar surface area (TPSA) is 76.5 Å². The summed E-state index contributed by atoms with van der Waals surface area (Å²) in [5.41, 5.74) is -0.895. The van der Waals surface area contributed by atoms with Crippen LogP contribution in [0, 0.1) is 0 Å². The summed E-state index contributed by atoms with van der Waals surface area (Å²) in [6.45, 7) is 6.75. The molecule has 9 heteroatoms. The van der Waals surface area contributed by atoms with Gasteiger partial charge in [0.1, 0.15) is 10.6 Å². The predicted octanol–water partition coefficient (Wildman–Crippen LogP) is 2.58. The van der Waals surface area contributed by atoms with E-state index in [1.165, 1.54) is 4.57 Å². The summed E-state index contributed by atoms with van der Waals surface area (Å²) in [6.07, 6.45) is 1.02. The lowest BCUT2D eigenvalue weighted by Gasteiger charge is -2.34. The van der Waals surface area contributed by atoms with E-state index in [2.05, 4.69) is 10.3 Å². The lowest BCUT2D eigenvalue weighted by molar-refractivity contribution is 0.0497. The highest BCUT2D eigenvalue weighted by Crippen LogP contribution is 2.22. The molecule has 0 unspecified atom stereocenters. The van der Waals surface area contributed by atoms with Crippen molar-refractivity contribution in [3.63, 3.8) is 0 Å². The van der Waals surface area contributed by atoms with Crippen LogP contribution in [0.1, 0.15) is 33.6 Å². The monoisotopic (exact) mass is 376 g/mol. The Morgan fingerprint density at radius 2 is 1.88 bits per heavy atom. The molecule has 1 saturated heterocycles. The first-order valence-electron chi connectivity index (χ1n) is 7.75. The molecule has 0 aromatic carbocycles. The fraction of sp³-hybridized carbons (Fsp3) is 0.667. The minimum absolute atomic E-state index is 0.00349. The van der Waals surface area contributed by atoms with Crippen LogP contribution >= 0.6 is 23.2 Å². The van der Waals surface area contributed by atoms with Crippen molar-refractivity contribution in [1.29, 1.82) is 0 Å². The smallest absolute Gasteiger partial charge is 0.407 e. The van der Waals surface area contributed by atoms with Crippen LogP contribution in [0.4, 0.5) is 10.7 Å². The summed E-state index contributed by atoms with van der Waals surface area (Å²) >= 11 is 11.7. The maximum atomic E-state index is 12.0. The maximum Gasteiger partial charge on any atom is 0.407 e. The van der Waals surface area contributed by atoms with Crippen molar-refractivity contribution in [3.05, 3.63) is 20.5 Å². The standard InChI is InChI=1S/C15H22Cl2N4O3/c1-15(2,3)24-14(23)18-9-5-7-21(8-6-9)13-19-11(17)10(16)12(22)20(13)4/h9H,5-8H2,1-4H3,(H,18,23). The number of carbonyl (C=O) groups is 1. The van der Waals surface area contributed by atoms with E-state index < -0.39 is 11.7 Å². The number of anilines is 1. The van der Waals surface area contributed by atoms with Crippen molar-refractivity contribution in [2.45, 2.75) is 45.3 Å². The second kappa shape index (κ2) is 7.19. The van der Waals surface area contributed by atoms with E-state index in [1.54, 1.807) is 7.05 Å². The second-order valence-electron chi connectivity index (χ2n) is 6.79. The molecule has 0 radical (unpaired) electrons. The van der Waals surface area contributed by atoms with Gasteiger partial charge in [0, 0.05) is 26.2 Å². The molecule has 2 heterocycles. The highest BCUT2D eigenvalue weighted by atomic mass is 35.5. The highest BCUT2D eigenvalue weighted by molar-refractivity contribution is 6.41. The number of nitrogens with zero attached hydrogens (tertiary/aromatic N) is 3. The number of rotatable bonds is 2. The van der Waals surface area contributed by atoms with Gasteiger partial charge >= 0.3 is 6.09 Å². The Morgan fingerprint density at radius 3 is 2.42 bits per heavy atom.